The second kappa shape index (κ2) is 5.85. The van der Waals surface area contributed by atoms with E-state index in [1.807, 2.05) is 6.92 Å². The number of esters is 1. The van der Waals surface area contributed by atoms with Crippen molar-refractivity contribution in [1.29, 1.82) is 0 Å². The maximum absolute atomic E-state index is 14.1. The van der Waals surface area contributed by atoms with E-state index < -0.39 is 11.8 Å². The summed E-state index contributed by atoms with van der Waals surface area (Å²) in [6.07, 6.45) is 3.13. The Hall–Kier alpha value is -1.58. The smallest absolute Gasteiger partial charge is 0.341 e. The number of halogens is 1. The van der Waals surface area contributed by atoms with Gasteiger partial charge < -0.3 is 10.1 Å². The number of rotatable bonds is 6. The Morgan fingerprint density at radius 1 is 1.50 bits per heavy atom. The molecule has 0 unspecified atom stereocenters. The lowest BCUT2D eigenvalue weighted by atomic mass is 10.2. The summed E-state index contributed by atoms with van der Waals surface area (Å²) in [5, 5.41) is 3.04. The van der Waals surface area contributed by atoms with Crippen LogP contribution in [0.15, 0.2) is 18.2 Å². The minimum absolute atomic E-state index is 0.00393. The van der Waals surface area contributed by atoms with Crippen LogP contribution in [0, 0.1) is 11.7 Å². The Balaban J connectivity index is 2.04. The summed E-state index contributed by atoms with van der Waals surface area (Å²) >= 11 is 0. The first kappa shape index (κ1) is 12.9. The predicted molar refractivity (Wildman–Crippen MR) is 68.2 cm³/mol. The molecule has 1 aromatic rings. The van der Waals surface area contributed by atoms with E-state index in [1.165, 1.54) is 18.9 Å². The summed E-state index contributed by atoms with van der Waals surface area (Å²) < 4.78 is 19.0. The van der Waals surface area contributed by atoms with Crippen molar-refractivity contribution in [3.05, 3.63) is 29.6 Å². The fourth-order valence-electron chi connectivity index (χ4n) is 1.67. The van der Waals surface area contributed by atoms with Crippen molar-refractivity contribution in [1.82, 2.24) is 0 Å². The molecular formula is C14H18FNO2. The van der Waals surface area contributed by atoms with Crippen molar-refractivity contribution >= 4 is 11.7 Å². The van der Waals surface area contributed by atoms with Crippen molar-refractivity contribution < 1.29 is 13.9 Å². The molecule has 0 aromatic heterocycles. The fourth-order valence-corrected chi connectivity index (χ4v) is 1.67. The molecule has 1 N–H and O–H groups in total. The van der Waals surface area contributed by atoms with Gasteiger partial charge in [0.1, 0.15) is 0 Å². The molecule has 0 saturated heterocycles. The van der Waals surface area contributed by atoms with Gasteiger partial charge in [-0.15, -0.1) is 0 Å². The molecule has 98 valence electrons. The highest BCUT2D eigenvalue weighted by molar-refractivity contribution is 5.91. The van der Waals surface area contributed by atoms with E-state index in [1.54, 1.807) is 12.1 Å². The molecule has 2 rings (SSSR count). The van der Waals surface area contributed by atoms with Crippen LogP contribution >= 0.6 is 0 Å². The van der Waals surface area contributed by atoms with Crippen LogP contribution in [-0.2, 0) is 4.74 Å². The molecule has 0 radical (unpaired) electrons. The quantitative estimate of drug-likeness (QED) is 0.789. The molecule has 0 aliphatic heterocycles. The summed E-state index contributed by atoms with van der Waals surface area (Å²) in [6, 6.07) is 4.77. The van der Waals surface area contributed by atoms with E-state index in [0.29, 0.717) is 18.2 Å². The summed E-state index contributed by atoms with van der Waals surface area (Å²) in [4.78, 5) is 11.6. The lowest BCUT2D eigenvalue weighted by molar-refractivity contribution is 0.0500. The lowest BCUT2D eigenvalue weighted by Gasteiger charge is -2.10. The zero-order valence-corrected chi connectivity index (χ0v) is 10.5. The van der Waals surface area contributed by atoms with Gasteiger partial charge in [-0.05, 0) is 37.3 Å². The molecule has 0 bridgehead atoms. The number of hydrogen-bond donors (Lipinski definition) is 1. The number of nitrogens with one attached hydrogen (secondary N) is 1. The van der Waals surface area contributed by atoms with Crippen molar-refractivity contribution in [2.45, 2.75) is 26.2 Å². The van der Waals surface area contributed by atoms with Crippen LogP contribution in [0.25, 0.3) is 0 Å². The Labute approximate surface area is 106 Å². The molecule has 4 heteroatoms. The largest absolute Gasteiger partial charge is 0.462 e. The number of carbonyl (C=O) groups excluding carboxylic acids is 1. The Bertz CT molecular complexity index is 430. The van der Waals surface area contributed by atoms with E-state index in [0.717, 1.165) is 13.0 Å². The van der Waals surface area contributed by atoms with Crippen molar-refractivity contribution in [2.75, 3.05) is 18.5 Å². The highest BCUT2D eigenvalue weighted by atomic mass is 19.1. The molecular weight excluding hydrogens is 233 g/mol. The van der Waals surface area contributed by atoms with E-state index in [4.69, 9.17) is 4.74 Å². The van der Waals surface area contributed by atoms with Gasteiger partial charge in [-0.25, -0.2) is 9.18 Å². The molecule has 1 aliphatic rings. The zero-order chi connectivity index (χ0) is 13.0. The van der Waals surface area contributed by atoms with E-state index in [2.05, 4.69) is 5.32 Å². The third-order valence-electron chi connectivity index (χ3n) is 2.93. The van der Waals surface area contributed by atoms with Gasteiger partial charge in [-0.2, -0.15) is 0 Å². The van der Waals surface area contributed by atoms with Crippen molar-refractivity contribution in [3.8, 4) is 0 Å². The molecule has 0 heterocycles. The number of anilines is 1. The fraction of sp³-hybridized carbons (Fsp3) is 0.500. The van der Waals surface area contributed by atoms with Crippen LogP contribution in [0.2, 0.25) is 0 Å². The van der Waals surface area contributed by atoms with Crippen LogP contribution < -0.4 is 5.32 Å². The minimum Gasteiger partial charge on any atom is -0.462 e. The molecule has 1 saturated carbocycles. The predicted octanol–water partition coefficient (Wildman–Crippen LogP) is 3.21. The van der Waals surface area contributed by atoms with Gasteiger partial charge in [0, 0.05) is 6.54 Å². The van der Waals surface area contributed by atoms with Gasteiger partial charge in [0.2, 0.25) is 0 Å². The van der Waals surface area contributed by atoms with Gasteiger partial charge in [0.25, 0.3) is 0 Å². The second-order valence-corrected chi connectivity index (χ2v) is 4.63. The zero-order valence-electron chi connectivity index (χ0n) is 10.5. The highest BCUT2D eigenvalue weighted by Gasteiger charge is 2.22. The molecule has 0 spiro atoms. The van der Waals surface area contributed by atoms with Gasteiger partial charge >= 0.3 is 5.97 Å². The van der Waals surface area contributed by atoms with E-state index in [9.17, 15) is 9.18 Å². The summed E-state index contributed by atoms with van der Waals surface area (Å²) in [5.41, 5.74) is 0.386. The first-order valence-electron chi connectivity index (χ1n) is 6.42. The number of benzene rings is 1. The SMILES string of the molecule is CCCOC(=O)c1cccc(NCC2CC2)c1F. The Morgan fingerprint density at radius 3 is 2.94 bits per heavy atom. The molecule has 0 amide bonds. The van der Waals surface area contributed by atoms with Crippen molar-refractivity contribution in [2.24, 2.45) is 5.92 Å². The Kier molecular flexibility index (Phi) is 4.18. The van der Waals surface area contributed by atoms with Gasteiger partial charge in [0.05, 0.1) is 17.9 Å². The molecule has 3 nitrogen and oxygen atoms in total. The standard InChI is InChI=1S/C14H18FNO2/c1-2-8-18-14(17)11-4-3-5-12(13(11)15)16-9-10-6-7-10/h3-5,10,16H,2,6-9H2,1H3. The maximum Gasteiger partial charge on any atom is 0.341 e. The minimum atomic E-state index is -0.593. The first-order valence-corrected chi connectivity index (χ1v) is 6.42. The first-order chi connectivity index (χ1) is 8.72. The normalized spacial score (nSPS) is 14.3. The average molecular weight is 251 g/mol. The topological polar surface area (TPSA) is 38.3 Å². The number of hydrogen-bond acceptors (Lipinski definition) is 3. The maximum atomic E-state index is 14.1. The second-order valence-electron chi connectivity index (χ2n) is 4.63. The van der Waals surface area contributed by atoms with Crippen LogP contribution in [-0.4, -0.2) is 19.1 Å². The number of carbonyl (C=O) groups is 1. The number of ether oxygens (including phenoxy) is 1. The third kappa shape index (κ3) is 3.22. The molecule has 1 aliphatic carbocycles. The van der Waals surface area contributed by atoms with E-state index >= 15 is 0 Å². The van der Waals surface area contributed by atoms with E-state index in [-0.39, 0.29) is 5.56 Å². The third-order valence-corrected chi connectivity index (χ3v) is 2.93. The molecule has 1 aromatic carbocycles. The summed E-state index contributed by atoms with van der Waals surface area (Å²) in [6.45, 7) is 2.99. The van der Waals surface area contributed by atoms with Gasteiger partial charge in [-0.1, -0.05) is 13.0 Å². The summed E-state index contributed by atoms with van der Waals surface area (Å²) in [7, 11) is 0. The van der Waals surface area contributed by atoms with Gasteiger partial charge in [-0.3, -0.25) is 0 Å². The highest BCUT2D eigenvalue weighted by Crippen LogP contribution is 2.29. The lowest BCUT2D eigenvalue weighted by Crippen LogP contribution is -2.11. The van der Waals surface area contributed by atoms with Gasteiger partial charge in [0.15, 0.2) is 5.82 Å². The molecule has 1 fully saturated rings. The molecule has 18 heavy (non-hydrogen) atoms. The van der Waals surface area contributed by atoms with Crippen LogP contribution in [0.3, 0.4) is 0 Å². The monoisotopic (exact) mass is 251 g/mol. The Morgan fingerprint density at radius 2 is 2.28 bits per heavy atom. The average Bonchev–Trinajstić information content (AvgIpc) is 3.19. The van der Waals surface area contributed by atoms with Crippen LogP contribution in [0.1, 0.15) is 36.5 Å². The van der Waals surface area contributed by atoms with Crippen molar-refractivity contribution in [3.63, 3.8) is 0 Å². The molecule has 0 atom stereocenters. The summed E-state index contributed by atoms with van der Waals surface area (Å²) in [5.74, 6) is -0.455. The van der Waals surface area contributed by atoms with Crippen LogP contribution in [0.4, 0.5) is 10.1 Å². The van der Waals surface area contributed by atoms with Crippen LogP contribution in [0.5, 0.6) is 0 Å².